The Kier molecular flexibility index (Phi) is 4.41. The molecule has 1 rings (SSSR count). The minimum absolute atomic E-state index is 0.160. The molecule has 7 heteroatoms. The van der Waals surface area contributed by atoms with Gasteiger partial charge in [0.1, 0.15) is 18.6 Å². The van der Waals surface area contributed by atoms with Crippen molar-refractivity contribution < 1.29 is 19.2 Å². The molecule has 0 saturated carbocycles. The molecule has 1 aliphatic rings. The van der Waals surface area contributed by atoms with Crippen LogP contribution in [-0.2, 0) is 19.2 Å². The predicted octanol–water partition coefficient (Wildman–Crippen LogP) is -1.23. The van der Waals surface area contributed by atoms with Gasteiger partial charge in [-0.05, 0) is 13.3 Å². The quantitative estimate of drug-likeness (QED) is 0.617. The summed E-state index contributed by atoms with van der Waals surface area (Å²) in [7, 11) is 0. The van der Waals surface area contributed by atoms with Crippen LogP contribution in [0, 0.1) is 0 Å². The number of carbonyl (C=O) groups is 4. The van der Waals surface area contributed by atoms with Crippen molar-refractivity contribution in [1.29, 1.82) is 0 Å². The Labute approximate surface area is 105 Å². The van der Waals surface area contributed by atoms with Gasteiger partial charge in [-0.3, -0.25) is 24.5 Å². The van der Waals surface area contributed by atoms with Gasteiger partial charge in [0.25, 0.3) is 0 Å². The van der Waals surface area contributed by atoms with Gasteiger partial charge in [-0.2, -0.15) is 0 Å². The molecule has 2 unspecified atom stereocenters. The molecule has 1 fully saturated rings. The molecule has 0 aromatic heterocycles. The number of nitrogens with one attached hydrogen (secondary N) is 2. The first kappa shape index (κ1) is 14.1. The summed E-state index contributed by atoms with van der Waals surface area (Å²) in [6.07, 6.45) is 0.414. The van der Waals surface area contributed by atoms with Crippen LogP contribution in [0.4, 0.5) is 0 Å². The molecule has 100 valence electrons. The molecule has 2 atom stereocenters. The molecular formula is C11H17N3O4. The van der Waals surface area contributed by atoms with Crippen molar-refractivity contribution in [2.24, 2.45) is 0 Å². The highest BCUT2D eigenvalue weighted by molar-refractivity contribution is 6.05. The first-order valence-electron chi connectivity index (χ1n) is 5.78. The summed E-state index contributed by atoms with van der Waals surface area (Å²) in [5.41, 5.74) is 0. The molecule has 0 spiro atoms. The number of rotatable bonds is 3. The monoisotopic (exact) mass is 255 g/mol. The van der Waals surface area contributed by atoms with Gasteiger partial charge in [-0.1, -0.05) is 6.92 Å². The van der Waals surface area contributed by atoms with Gasteiger partial charge in [-0.15, -0.1) is 0 Å². The van der Waals surface area contributed by atoms with Gasteiger partial charge in [-0.25, -0.2) is 0 Å². The summed E-state index contributed by atoms with van der Waals surface area (Å²) in [6.45, 7) is 4.42. The fourth-order valence-corrected chi connectivity index (χ4v) is 1.92. The summed E-state index contributed by atoms with van der Waals surface area (Å²) in [6, 6.07) is -1.42. The van der Waals surface area contributed by atoms with E-state index < -0.39 is 29.8 Å². The van der Waals surface area contributed by atoms with E-state index in [1.807, 2.05) is 0 Å². The lowest BCUT2D eigenvalue weighted by atomic mass is 10.1. The fourth-order valence-electron chi connectivity index (χ4n) is 1.92. The third kappa shape index (κ3) is 3.06. The number of nitrogens with zero attached hydrogens (tertiary/aromatic N) is 1. The molecule has 1 aliphatic heterocycles. The Hall–Kier alpha value is -1.92. The smallest absolute Gasteiger partial charge is 0.249 e. The highest BCUT2D eigenvalue weighted by Gasteiger charge is 2.37. The summed E-state index contributed by atoms with van der Waals surface area (Å²) in [5, 5.41) is 4.63. The van der Waals surface area contributed by atoms with Crippen molar-refractivity contribution in [1.82, 2.24) is 15.5 Å². The van der Waals surface area contributed by atoms with E-state index in [4.69, 9.17) is 0 Å². The third-order valence-corrected chi connectivity index (χ3v) is 2.72. The molecule has 0 bridgehead atoms. The Morgan fingerprint density at radius 1 is 1.50 bits per heavy atom. The van der Waals surface area contributed by atoms with Crippen LogP contribution in [0.3, 0.4) is 0 Å². The van der Waals surface area contributed by atoms with Gasteiger partial charge >= 0.3 is 0 Å². The first-order chi connectivity index (χ1) is 8.36. The zero-order valence-electron chi connectivity index (χ0n) is 10.6. The molecule has 4 amide bonds. The maximum absolute atomic E-state index is 12.1. The maximum atomic E-state index is 12.1. The Bertz CT molecular complexity index is 394. The van der Waals surface area contributed by atoms with Crippen LogP contribution in [0.1, 0.15) is 27.2 Å². The van der Waals surface area contributed by atoms with Crippen LogP contribution < -0.4 is 10.6 Å². The molecular weight excluding hydrogens is 238 g/mol. The van der Waals surface area contributed by atoms with Crippen LogP contribution in [0.15, 0.2) is 0 Å². The minimum atomic E-state index is -0.754. The average Bonchev–Trinajstić information content (AvgIpc) is 2.26. The Balaban J connectivity index is 2.83. The second-order valence-electron chi connectivity index (χ2n) is 4.22. The van der Waals surface area contributed by atoms with Crippen LogP contribution in [0.5, 0.6) is 0 Å². The van der Waals surface area contributed by atoms with Crippen molar-refractivity contribution in [3.63, 3.8) is 0 Å². The standard InChI is InChI=1S/C11H17N3O4/c1-4-8-10(17)13-9(16)5-14(8)11(18)6(2)12-7(3)15/h6,8H,4-5H2,1-3H3,(H,12,15)(H,13,16,17). The van der Waals surface area contributed by atoms with Gasteiger partial charge in [0.15, 0.2) is 0 Å². The van der Waals surface area contributed by atoms with E-state index in [0.29, 0.717) is 6.42 Å². The average molecular weight is 255 g/mol. The van der Waals surface area contributed by atoms with E-state index in [2.05, 4.69) is 10.6 Å². The number of hydrogen-bond donors (Lipinski definition) is 2. The molecule has 0 aliphatic carbocycles. The highest BCUT2D eigenvalue weighted by Crippen LogP contribution is 2.10. The second kappa shape index (κ2) is 5.61. The number of amides is 4. The van der Waals surface area contributed by atoms with E-state index in [9.17, 15) is 19.2 Å². The third-order valence-electron chi connectivity index (χ3n) is 2.72. The van der Waals surface area contributed by atoms with E-state index in [0.717, 1.165) is 0 Å². The summed E-state index contributed by atoms with van der Waals surface area (Å²) >= 11 is 0. The van der Waals surface area contributed by atoms with Crippen LogP contribution in [0.2, 0.25) is 0 Å². The summed E-state index contributed by atoms with van der Waals surface area (Å²) < 4.78 is 0. The summed E-state index contributed by atoms with van der Waals surface area (Å²) in [4.78, 5) is 47.0. The molecule has 2 N–H and O–H groups in total. The van der Waals surface area contributed by atoms with Crippen LogP contribution in [-0.4, -0.2) is 47.2 Å². The molecule has 1 saturated heterocycles. The van der Waals surface area contributed by atoms with Crippen LogP contribution >= 0.6 is 0 Å². The molecule has 0 radical (unpaired) electrons. The van der Waals surface area contributed by atoms with Crippen molar-refractivity contribution in [3.8, 4) is 0 Å². The Morgan fingerprint density at radius 3 is 2.61 bits per heavy atom. The van der Waals surface area contributed by atoms with Gasteiger partial charge in [0, 0.05) is 6.92 Å². The van der Waals surface area contributed by atoms with Crippen molar-refractivity contribution in [2.75, 3.05) is 6.54 Å². The molecule has 0 aromatic rings. The normalized spacial score (nSPS) is 21.3. The predicted molar refractivity (Wildman–Crippen MR) is 62.2 cm³/mol. The lowest BCUT2D eigenvalue weighted by molar-refractivity contribution is -0.151. The number of carbonyl (C=O) groups excluding carboxylic acids is 4. The van der Waals surface area contributed by atoms with Crippen molar-refractivity contribution >= 4 is 23.6 Å². The maximum Gasteiger partial charge on any atom is 0.249 e. The number of piperazine rings is 1. The number of hydrogen-bond acceptors (Lipinski definition) is 4. The molecule has 7 nitrogen and oxygen atoms in total. The number of imide groups is 1. The van der Waals surface area contributed by atoms with E-state index in [1.165, 1.54) is 18.7 Å². The van der Waals surface area contributed by atoms with Gasteiger partial charge in [0.2, 0.25) is 23.6 Å². The molecule has 1 heterocycles. The first-order valence-corrected chi connectivity index (χ1v) is 5.78. The lowest BCUT2D eigenvalue weighted by Crippen LogP contribution is -2.62. The Morgan fingerprint density at radius 2 is 2.11 bits per heavy atom. The van der Waals surface area contributed by atoms with Crippen LogP contribution in [0.25, 0.3) is 0 Å². The summed E-state index contributed by atoms with van der Waals surface area (Å²) in [5.74, 6) is -1.75. The van der Waals surface area contributed by atoms with E-state index >= 15 is 0 Å². The minimum Gasteiger partial charge on any atom is -0.345 e. The van der Waals surface area contributed by atoms with Crippen molar-refractivity contribution in [3.05, 3.63) is 0 Å². The van der Waals surface area contributed by atoms with E-state index in [1.54, 1.807) is 6.92 Å². The SMILES string of the molecule is CCC1C(=O)NC(=O)CN1C(=O)C(C)NC(C)=O. The van der Waals surface area contributed by atoms with E-state index in [-0.39, 0.29) is 12.5 Å². The molecule has 18 heavy (non-hydrogen) atoms. The fraction of sp³-hybridized carbons (Fsp3) is 0.636. The zero-order valence-corrected chi connectivity index (χ0v) is 10.6. The van der Waals surface area contributed by atoms with Gasteiger partial charge < -0.3 is 10.2 Å². The topological polar surface area (TPSA) is 95.6 Å². The van der Waals surface area contributed by atoms with Crippen molar-refractivity contribution in [2.45, 2.75) is 39.3 Å². The molecule has 0 aromatic carbocycles. The zero-order chi connectivity index (χ0) is 13.9. The van der Waals surface area contributed by atoms with Gasteiger partial charge in [0.05, 0.1) is 0 Å². The lowest BCUT2D eigenvalue weighted by Gasteiger charge is -2.35. The second-order valence-corrected chi connectivity index (χ2v) is 4.22. The highest BCUT2D eigenvalue weighted by atomic mass is 16.2. The largest absolute Gasteiger partial charge is 0.345 e.